The highest BCUT2D eigenvalue weighted by Gasteiger charge is 2.26. The van der Waals surface area contributed by atoms with Crippen LogP contribution in [0.4, 0.5) is 0 Å². The van der Waals surface area contributed by atoms with Crippen molar-refractivity contribution in [3.05, 3.63) is 28.8 Å². The zero-order valence-corrected chi connectivity index (χ0v) is 10.7. The number of phenolic OH excluding ortho intramolecular Hbond substituents is 1. The molecule has 4 N–H and O–H groups in total. The third-order valence-corrected chi connectivity index (χ3v) is 3.38. The van der Waals surface area contributed by atoms with Crippen LogP contribution in [0.1, 0.15) is 5.56 Å². The van der Waals surface area contributed by atoms with E-state index in [0.717, 1.165) is 18.7 Å². The van der Waals surface area contributed by atoms with Crippen LogP contribution in [-0.4, -0.2) is 41.6 Å². The number of piperazine rings is 1. The summed E-state index contributed by atoms with van der Waals surface area (Å²) in [5.74, 6) is -0.265. The van der Waals surface area contributed by atoms with E-state index in [4.69, 9.17) is 17.3 Å². The third kappa shape index (κ3) is 2.93. The fourth-order valence-electron chi connectivity index (χ4n) is 2.10. The number of carbonyl (C=O) groups is 1. The number of nitrogens with two attached hydrogens (primary N) is 1. The lowest BCUT2D eigenvalue weighted by atomic mass is 10.1. The minimum absolute atomic E-state index is 0.0622. The van der Waals surface area contributed by atoms with Crippen LogP contribution >= 0.6 is 11.6 Å². The smallest absolute Gasteiger partial charge is 0.236 e. The van der Waals surface area contributed by atoms with E-state index in [9.17, 15) is 9.90 Å². The molecule has 1 atom stereocenters. The second kappa shape index (κ2) is 5.56. The Balaban J connectivity index is 2.10. The lowest BCUT2D eigenvalue weighted by Crippen LogP contribution is -2.56. The van der Waals surface area contributed by atoms with Crippen LogP contribution in [-0.2, 0) is 11.3 Å². The van der Waals surface area contributed by atoms with Crippen LogP contribution in [0.25, 0.3) is 0 Å². The molecule has 1 heterocycles. The predicted octanol–water partition coefficient (Wildman–Crippen LogP) is 0.305. The van der Waals surface area contributed by atoms with Gasteiger partial charge in [-0.2, -0.15) is 0 Å². The van der Waals surface area contributed by atoms with Gasteiger partial charge in [0.15, 0.2) is 0 Å². The number of nitrogens with one attached hydrogen (secondary N) is 1. The van der Waals surface area contributed by atoms with Gasteiger partial charge in [0.2, 0.25) is 5.91 Å². The molecule has 0 bridgehead atoms. The van der Waals surface area contributed by atoms with Crippen molar-refractivity contribution >= 4 is 17.5 Å². The topological polar surface area (TPSA) is 78.6 Å². The monoisotopic (exact) mass is 269 g/mol. The Morgan fingerprint density at radius 1 is 1.61 bits per heavy atom. The molecule has 1 aliphatic rings. The van der Waals surface area contributed by atoms with Crippen molar-refractivity contribution in [1.82, 2.24) is 10.2 Å². The van der Waals surface area contributed by atoms with Crippen LogP contribution in [0.15, 0.2) is 18.2 Å². The second-order valence-corrected chi connectivity index (χ2v) is 4.79. The van der Waals surface area contributed by atoms with E-state index < -0.39 is 0 Å². The standard InChI is InChI=1S/C12H16ClN3O2/c13-9-5-8(1-2-11(9)17)7-16-4-3-15-6-10(16)12(14)18/h1-2,5,10,15,17H,3-4,6-7H2,(H2,14,18). The lowest BCUT2D eigenvalue weighted by molar-refractivity contribution is -0.124. The number of nitrogens with zero attached hydrogens (tertiary/aromatic N) is 1. The van der Waals surface area contributed by atoms with Crippen LogP contribution in [0.2, 0.25) is 5.02 Å². The van der Waals surface area contributed by atoms with Gasteiger partial charge in [-0.1, -0.05) is 17.7 Å². The fraction of sp³-hybridized carbons (Fsp3) is 0.417. The van der Waals surface area contributed by atoms with Crippen molar-refractivity contribution in [2.75, 3.05) is 19.6 Å². The van der Waals surface area contributed by atoms with E-state index in [-0.39, 0.29) is 17.7 Å². The molecule has 1 aromatic carbocycles. The summed E-state index contributed by atoms with van der Waals surface area (Å²) >= 11 is 5.86. The number of amides is 1. The summed E-state index contributed by atoms with van der Waals surface area (Å²) in [6.07, 6.45) is 0. The summed E-state index contributed by atoms with van der Waals surface area (Å²) in [5, 5.41) is 12.8. The van der Waals surface area contributed by atoms with Gasteiger partial charge in [0, 0.05) is 26.2 Å². The van der Waals surface area contributed by atoms with E-state index in [1.807, 2.05) is 4.90 Å². The minimum Gasteiger partial charge on any atom is -0.506 e. The number of carbonyl (C=O) groups excluding carboxylic acids is 1. The fourth-order valence-corrected chi connectivity index (χ4v) is 2.30. The van der Waals surface area contributed by atoms with Crippen LogP contribution in [0.5, 0.6) is 5.75 Å². The molecule has 2 rings (SSSR count). The molecule has 1 saturated heterocycles. The summed E-state index contributed by atoms with van der Waals surface area (Å²) in [6, 6.07) is 4.75. The Kier molecular flexibility index (Phi) is 4.06. The summed E-state index contributed by atoms with van der Waals surface area (Å²) in [5.41, 5.74) is 6.33. The Labute approximate surface area is 111 Å². The van der Waals surface area contributed by atoms with Crippen molar-refractivity contribution in [2.24, 2.45) is 5.73 Å². The molecule has 98 valence electrons. The molecule has 18 heavy (non-hydrogen) atoms. The predicted molar refractivity (Wildman–Crippen MR) is 69.4 cm³/mol. The first-order valence-corrected chi connectivity index (χ1v) is 6.17. The Morgan fingerprint density at radius 2 is 2.39 bits per heavy atom. The minimum atomic E-state index is -0.327. The van der Waals surface area contributed by atoms with E-state index in [2.05, 4.69) is 5.32 Å². The number of benzene rings is 1. The number of aromatic hydroxyl groups is 1. The molecule has 1 aliphatic heterocycles. The van der Waals surface area contributed by atoms with Gasteiger partial charge < -0.3 is 16.2 Å². The van der Waals surface area contributed by atoms with Crippen molar-refractivity contribution < 1.29 is 9.90 Å². The summed E-state index contributed by atoms with van der Waals surface area (Å²) in [7, 11) is 0. The molecule has 0 aromatic heterocycles. The highest BCUT2D eigenvalue weighted by Crippen LogP contribution is 2.24. The summed E-state index contributed by atoms with van der Waals surface area (Å²) in [6.45, 7) is 2.75. The number of phenols is 1. The third-order valence-electron chi connectivity index (χ3n) is 3.08. The zero-order chi connectivity index (χ0) is 13.1. The van der Waals surface area contributed by atoms with Gasteiger partial charge >= 0.3 is 0 Å². The van der Waals surface area contributed by atoms with E-state index >= 15 is 0 Å². The second-order valence-electron chi connectivity index (χ2n) is 4.38. The Hall–Kier alpha value is -1.30. The number of hydrogen-bond donors (Lipinski definition) is 3. The molecular weight excluding hydrogens is 254 g/mol. The van der Waals surface area contributed by atoms with Crippen LogP contribution in [0.3, 0.4) is 0 Å². The molecule has 1 aromatic rings. The molecule has 5 nitrogen and oxygen atoms in total. The van der Waals surface area contributed by atoms with Crippen molar-refractivity contribution in [3.63, 3.8) is 0 Å². The SMILES string of the molecule is NC(=O)C1CNCCN1Cc1ccc(O)c(Cl)c1. The average Bonchev–Trinajstić information content (AvgIpc) is 2.34. The number of halogens is 1. The van der Waals surface area contributed by atoms with Gasteiger partial charge in [-0.05, 0) is 17.7 Å². The van der Waals surface area contributed by atoms with E-state index in [1.165, 1.54) is 0 Å². The maximum absolute atomic E-state index is 11.4. The normalized spacial score (nSPS) is 20.8. The number of hydrogen-bond acceptors (Lipinski definition) is 4. The van der Waals surface area contributed by atoms with Gasteiger partial charge in [-0.15, -0.1) is 0 Å². The molecule has 0 radical (unpaired) electrons. The van der Waals surface area contributed by atoms with Gasteiger partial charge in [0.1, 0.15) is 11.8 Å². The highest BCUT2D eigenvalue weighted by molar-refractivity contribution is 6.32. The average molecular weight is 270 g/mol. The number of primary amides is 1. The van der Waals surface area contributed by atoms with Crippen LogP contribution in [0, 0.1) is 0 Å². The molecule has 1 fully saturated rings. The van der Waals surface area contributed by atoms with Crippen molar-refractivity contribution in [2.45, 2.75) is 12.6 Å². The van der Waals surface area contributed by atoms with Crippen LogP contribution < -0.4 is 11.1 Å². The van der Waals surface area contributed by atoms with E-state index in [1.54, 1.807) is 18.2 Å². The lowest BCUT2D eigenvalue weighted by Gasteiger charge is -2.34. The maximum Gasteiger partial charge on any atom is 0.236 e. The summed E-state index contributed by atoms with van der Waals surface area (Å²) in [4.78, 5) is 13.4. The zero-order valence-electron chi connectivity index (χ0n) is 9.90. The van der Waals surface area contributed by atoms with Gasteiger partial charge in [0.05, 0.1) is 5.02 Å². The molecule has 1 amide bonds. The maximum atomic E-state index is 11.4. The Morgan fingerprint density at radius 3 is 3.06 bits per heavy atom. The van der Waals surface area contributed by atoms with Crippen molar-refractivity contribution in [1.29, 1.82) is 0 Å². The molecular formula is C12H16ClN3O2. The first-order valence-electron chi connectivity index (χ1n) is 5.79. The molecule has 0 saturated carbocycles. The molecule has 6 heteroatoms. The van der Waals surface area contributed by atoms with Crippen molar-refractivity contribution in [3.8, 4) is 5.75 Å². The molecule has 0 spiro atoms. The first kappa shape index (κ1) is 13.1. The Bertz CT molecular complexity index is 453. The summed E-state index contributed by atoms with van der Waals surface area (Å²) < 4.78 is 0. The number of rotatable bonds is 3. The van der Waals surface area contributed by atoms with Gasteiger partial charge in [0.25, 0.3) is 0 Å². The van der Waals surface area contributed by atoms with Gasteiger partial charge in [-0.3, -0.25) is 9.69 Å². The largest absolute Gasteiger partial charge is 0.506 e. The van der Waals surface area contributed by atoms with Gasteiger partial charge in [-0.25, -0.2) is 0 Å². The van der Waals surface area contributed by atoms with E-state index in [0.29, 0.717) is 18.1 Å². The quantitative estimate of drug-likeness (QED) is 0.738. The first-order chi connectivity index (χ1) is 8.58. The molecule has 0 aliphatic carbocycles. The highest BCUT2D eigenvalue weighted by atomic mass is 35.5. The molecule has 1 unspecified atom stereocenters.